The molecule has 0 aliphatic rings. The molecule has 0 fully saturated rings. The van der Waals surface area contributed by atoms with Crippen molar-refractivity contribution >= 4 is 5.97 Å². The fourth-order valence-corrected chi connectivity index (χ4v) is 2.00. The molecule has 0 radical (unpaired) electrons. The van der Waals surface area contributed by atoms with Crippen molar-refractivity contribution in [3.8, 4) is 0 Å². The first-order valence-corrected chi connectivity index (χ1v) is 5.79. The van der Waals surface area contributed by atoms with Gasteiger partial charge in [0.1, 0.15) is 5.82 Å². The Bertz CT molecular complexity index is 377. The van der Waals surface area contributed by atoms with E-state index in [2.05, 4.69) is 0 Å². The summed E-state index contributed by atoms with van der Waals surface area (Å²) in [7, 11) is 0. The second-order valence-corrected chi connectivity index (χ2v) is 3.89. The van der Waals surface area contributed by atoms with E-state index in [0.717, 1.165) is 18.7 Å². The van der Waals surface area contributed by atoms with Crippen LogP contribution < -0.4 is 0 Å². The number of rotatable bonds is 6. The van der Waals surface area contributed by atoms with E-state index in [4.69, 9.17) is 5.11 Å². The van der Waals surface area contributed by atoms with Crippen LogP contribution in [-0.2, 0) is 4.79 Å². The molecule has 4 heteroatoms. The quantitative estimate of drug-likeness (QED) is 0.829. The lowest BCUT2D eigenvalue weighted by atomic mass is 10.0. The normalized spacial score (nSPS) is 12.7. The van der Waals surface area contributed by atoms with Gasteiger partial charge in [0.15, 0.2) is 0 Å². The van der Waals surface area contributed by atoms with Gasteiger partial charge in [-0.3, -0.25) is 9.69 Å². The summed E-state index contributed by atoms with van der Waals surface area (Å²) >= 11 is 0. The summed E-state index contributed by atoms with van der Waals surface area (Å²) in [6.45, 7) is 5.42. The largest absolute Gasteiger partial charge is 0.481 e. The van der Waals surface area contributed by atoms with Gasteiger partial charge in [0.2, 0.25) is 0 Å². The predicted octanol–water partition coefficient (Wildman–Crippen LogP) is 2.68. The van der Waals surface area contributed by atoms with E-state index >= 15 is 0 Å². The molecule has 0 saturated carbocycles. The van der Waals surface area contributed by atoms with Gasteiger partial charge in [-0.15, -0.1) is 0 Å². The number of benzene rings is 1. The average Bonchev–Trinajstić information content (AvgIpc) is 2.29. The molecule has 3 nitrogen and oxygen atoms in total. The summed E-state index contributed by atoms with van der Waals surface area (Å²) < 4.78 is 13.2. The maximum absolute atomic E-state index is 13.2. The molecule has 0 spiro atoms. The van der Waals surface area contributed by atoms with Gasteiger partial charge in [0.25, 0.3) is 0 Å². The Hall–Kier alpha value is -1.42. The number of hydrogen-bond acceptors (Lipinski definition) is 2. The maximum atomic E-state index is 13.2. The summed E-state index contributed by atoms with van der Waals surface area (Å²) in [5.74, 6) is -1.20. The molecule has 0 aliphatic heterocycles. The Balaban J connectivity index is 3.00. The van der Waals surface area contributed by atoms with E-state index in [1.165, 1.54) is 12.1 Å². The topological polar surface area (TPSA) is 40.5 Å². The number of nitrogens with zero attached hydrogens (tertiary/aromatic N) is 1. The SMILES string of the molecule is CCN(CC)C(CC(=O)O)c1cccc(F)c1. The summed E-state index contributed by atoms with van der Waals surface area (Å²) in [5.41, 5.74) is 0.719. The van der Waals surface area contributed by atoms with Crippen molar-refractivity contribution in [3.05, 3.63) is 35.6 Å². The van der Waals surface area contributed by atoms with Crippen molar-refractivity contribution in [2.24, 2.45) is 0 Å². The fraction of sp³-hybridized carbons (Fsp3) is 0.462. The predicted molar refractivity (Wildman–Crippen MR) is 64.3 cm³/mol. The van der Waals surface area contributed by atoms with Crippen molar-refractivity contribution in [1.82, 2.24) is 4.90 Å². The average molecular weight is 239 g/mol. The summed E-state index contributed by atoms with van der Waals surface area (Å²) in [6.07, 6.45) is -0.00880. The summed E-state index contributed by atoms with van der Waals surface area (Å²) in [4.78, 5) is 12.9. The molecule has 0 aromatic heterocycles. The van der Waals surface area contributed by atoms with Crippen LogP contribution in [0.25, 0.3) is 0 Å². The van der Waals surface area contributed by atoms with Gasteiger partial charge in [0.05, 0.1) is 6.42 Å². The lowest BCUT2D eigenvalue weighted by molar-refractivity contribution is -0.138. The number of carboxylic acids is 1. The van der Waals surface area contributed by atoms with Gasteiger partial charge >= 0.3 is 5.97 Å². The third-order valence-corrected chi connectivity index (χ3v) is 2.85. The lowest BCUT2D eigenvalue weighted by Gasteiger charge is -2.28. The standard InChI is InChI=1S/C13H18FNO2/c1-3-15(4-2)12(9-13(16)17)10-6-5-7-11(14)8-10/h5-8,12H,3-4,9H2,1-2H3,(H,16,17). The Kier molecular flexibility index (Phi) is 5.10. The zero-order valence-electron chi connectivity index (χ0n) is 10.2. The van der Waals surface area contributed by atoms with Crippen molar-refractivity contribution in [2.75, 3.05) is 13.1 Å². The number of carbonyl (C=O) groups is 1. The Morgan fingerprint density at radius 2 is 2.06 bits per heavy atom. The minimum absolute atomic E-state index is 0.00880. The van der Waals surface area contributed by atoms with E-state index in [1.807, 2.05) is 18.7 Å². The Morgan fingerprint density at radius 3 is 2.53 bits per heavy atom. The number of halogens is 1. The first kappa shape index (κ1) is 13.6. The monoisotopic (exact) mass is 239 g/mol. The van der Waals surface area contributed by atoms with Crippen LogP contribution >= 0.6 is 0 Å². The number of carboxylic acid groups (broad SMARTS) is 1. The fourth-order valence-electron chi connectivity index (χ4n) is 2.00. The first-order valence-electron chi connectivity index (χ1n) is 5.79. The molecule has 1 aromatic rings. The lowest BCUT2D eigenvalue weighted by Crippen LogP contribution is -2.30. The van der Waals surface area contributed by atoms with Gasteiger partial charge < -0.3 is 5.11 Å². The molecule has 0 aliphatic carbocycles. The van der Waals surface area contributed by atoms with Gasteiger partial charge in [-0.1, -0.05) is 26.0 Å². The first-order chi connectivity index (χ1) is 8.08. The third-order valence-electron chi connectivity index (χ3n) is 2.85. The molecule has 0 bridgehead atoms. The van der Waals surface area contributed by atoms with Crippen LogP contribution in [0.2, 0.25) is 0 Å². The second-order valence-electron chi connectivity index (χ2n) is 3.89. The van der Waals surface area contributed by atoms with Crippen LogP contribution in [0.5, 0.6) is 0 Å². The van der Waals surface area contributed by atoms with Gasteiger partial charge in [0, 0.05) is 6.04 Å². The van der Waals surface area contributed by atoms with E-state index in [1.54, 1.807) is 12.1 Å². The highest BCUT2D eigenvalue weighted by Gasteiger charge is 2.21. The van der Waals surface area contributed by atoms with Gasteiger partial charge in [-0.05, 0) is 30.8 Å². The molecule has 94 valence electrons. The Labute approximate surface area is 101 Å². The number of hydrogen-bond donors (Lipinski definition) is 1. The molecule has 1 rings (SSSR count). The molecular weight excluding hydrogens is 221 g/mol. The molecule has 1 N–H and O–H groups in total. The highest BCUT2D eigenvalue weighted by atomic mass is 19.1. The second kappa shape index (κ2) is 6.35. The van der Waals surface area contributed by atoms with E-state index in [-0.39, 0.29) is 18.3 Å². The van der Waals surface area contributed by atoms with E-state index < -0.39 is 5.97 Å². The van der Waals surface area contributed by atoms with Crippen LogP contribution in [0.4, 0.5) is 4.39 Å². The smallest absolute Gasteiger partial charge is 0.305 e. The Morgan fingerprint density at radius 1 is 1.41 bits per heavy atom. The molecule has 0 amide bonds. The maximum Gasteiger partial charge on any atom is 0.305 e. The molecule has 0 heterocycles. The van der Waals surface area contributed by atoms with Gasteiger partial charge in [-0.25, -0.2) is 4.39 Å². The molecule has 0 saturated heterocycles. The van der Waals surface area contributed by atoms with Crippen molar-refractivity contribution in [1.29, 1.82) is 0 Å². The highest BCUT2D eigenvalue weighted by Crippen LogP contribution is 2.24. The molecule has 1 atom stereocenters. The zero-order valence-corrected chi connectivity index (χ0v) is 10.2. The van der Waals surface area contributed by atoms with Crippen LogP contribution in [-0.4, -0.2) is 29.1 Å². The van der Waals surface area contributed by atoms with E-state index in [9.17, 15) is 9.18 Å². The number of aliphatic carboxylic acids is 1. The molecule has 1 aromatic carbocycles. The molecule has 1 unspecified atom stereocenters. The van der Waals surface area contributed by atoms with Crippen LogP contribution in [0, 0.1) is 5.82 Å². The van der Waals surface area contributed by atoms with Crippen molar-refractivity contribution in [2.45, 2.75) is 26.3 Å². The van der Waals surface area contributed by atoms with Crippen LogP contribution in [0.3, 0.4) is 0 Å². The summed E-state index contributed by atoms with van der Waals surface area (Å²) in [5, 5.41) is 8.93. The highest BCUT2D eigenvalue weighted by molar-refractivity contribution is 5.67. The summed E-state index contributed by atoms with van der Waals surface area (Å²) in [6, 6.07) is 5.89. The zero-order chi connectivity index (χ0) is 12.8. The van der Waals surface area contributed by atoms with Gasteiger partial charge in [-0.2, -0.15) is 0 Å². The minimum atomic E-state index is -0.869. The van der Waals surface area contributed by atoms with E-state index in [0.29, 0.717) is 0 Å². The molecular formula is C13H18FNO2. The van der Waals surface area contributed by atoms with Crippen LogP contribution in [0.15, 0.2) is 24.3 Å². The third kappa shape index (κ3) is 3.82. The van der Waals surface area contributed by atoms with Crippen molar-refractivity contribution < 1.29 is 14.3 Å². The minimum Gasteiger partial charge on any atom is -0.481 e. The molecule has 17 heavy (non-hydrogen) atoms. The van der Waals surface area contributed by atoms with Crippen molar-refractivity contribution in [3.63, 3.8) is 0 Å². The van der Waals surface area contributed by atoms with Crippen LogP contribution in [0.1, 0.15) is 31.9 Å².